The fraction of sp³-hybridized carbons (Fsp3) is 0. The monoisotopic (exact) mass is 508 g/mol. The standard InChI is InChI=1S/C14H10I2N2O3/c15-10-3-2-9(6-13(10)20)14(21)18-17-7-8-1-4-12(19)11(16)5-8/h1-7,19-20H,(H,18,21). The number of carbonyl (C=O) groups is 1. The quantitative estimate of drug-likeness (QED) is 0.339. The number of hydrazone groups is 1. The van der Waals surface area contributed by atoms with Crippen LogP contribution in [0.4, 0.5) is 0 Å². The van der Waals surface area contributed by atoms with Gasteiger partial charge in [0.25, 0.3) is 5.91 Å². The van der Waals surface area contributed by atoms with Crippen LogP contribution >= 0.6 is 45.2 Å². The fourth-order valence-electron chi connectivity index (χ4n) is 1.49. The van der Waals surface area contributed by atoms with E-state index in [1.54, 1.807) is 30.3 Å². The van der Waals surface area contributed by atoms with Crippen molar-refractivity contribution in [1.82, 2.24) is 5.43 Å². The number of phenols is 2. The summed E-state index contributed by atoms with van der Waals surface area (Å²) < 4.78 is 1.37. The number of amides is 1. The lowest BCUT2D eigenvalue weighted by molar-refractivity contribution is 0.0954. The van der Waals surface area contributed by atoms with Crippen molar-refractivity contribution in [2.24, 2.45) is 5.10 Å². The Bertz CT molecular complexity index is 717. The molecule has 2 aromatic rings. The predicted molar refractivity (Wildman–Crippen MR) is 96.7 cm³/mol. The summed E-state index contributed by atoms with van der Waals surface area (Å²) >= 11 is 3.98. The van der Waals surface area contributed by atoms with Crippen molar-refractivity contribution >= 4 is 57.3 Å². The van der Waals surface area contributed by atoms with Crippen molar-refractivity contribution in [2.45, 2.75) is 0 Å². The Morgan fingerprint density at radius 1 is 1.05 bits per heavy atom. The third kappa shape index (κ3) is 4.30. The van der Waals surface area contributed by atoms with E-state index in [1.165, 1.54) is 12.3 Å². The molecular weight excluding hydrogens is 498 g/mol. The van der Waals surface area contributed by atoms with Gasteiger partial charge in [-0.05, 0) is 87.1 Å². The van der Waals surface area contributed by atoms with E-state index < -0.39 is 5.91 Å². The molecule has 0 aliphatic rings. The van der Waals surface area contributed by atoms with Crippen LogP contribution < -0.4 is 5.43 Å². The Labute approximate surface area is 148 Å². The molecule has 0 radical (unpaired) electrons. The molecule has 108 valence electrons. The molecule has 0 saturated carbocycles. The number of aromatic hydroxyl groups is 2. The predicted octanol–water partition coefficient (Wildman–Crippen LogP) is 3.07. The Morgan fingerprint density at radius 3 is 2.48 bits per heavy atom. The molecule has 0 spiro atoms. The molecule has 1 amide bonds. The second-order valence-electron chi connectivity index (χ2n) is 4.08. The molecule has 0 fully saturated rings. The van der Waals surface area contributed by atoms with Gasteiger partial charge in [-0.15, -0.1) is 0 Å². The Morgan fingerprint density at radius 2 is 1.81 bits per heavy atom. The summed E-state index contributed by atoms with van der Waals surface area (Å²) in [5.41, 5.74) is 3.46. The van der Waals surface area contributed by atoms with Crippen molar-refractivity contribution in [3.8, 4) is 11.5 Å². The van der Waals surface area contributed by atoms with E-state index in [9.17, 15) is 15.0 Å². The maximum atomic E-state index is 11.8. The highest BCUT2D eigenvalue weighted by atomic mass is 127. The zero-order valence-electron chi connectivity index (χ0n) is 10.5. The van der Waals surface area contributed by atoms with E-state index >= 15 is 0 Å². The molecule has 7 heteroatoms. The average Bonchev–Trinajstić information content (AvgIpc) is 2.45. The number of phenolic OH excluding ortho intramolecular Hbond substituents is 2. The van der Waals surface area contributed by atoms with Gasteiger partial charge in [-0.3, -0.25) is 4.79 Å². The van der Waals surface area contributed by atoms with Crippen molar-refractivity contribution in [3.63, 3.8) is 0 Å². The number of benzene rings is 2. The van der Waals surface area contributed by atoms with Gasteiger partial charge in [-0.2, -0.15) is 5.10 Å². The molecule has 3 N–H and O–H groups in total. The molecule has 0 aromatic heterocycles. The van der Waals surface area contributed by atoms with Crippen LogP contribution in [0.15, 0.2) is 41.5 Å². The molecule has 2 rings (SSSR count). The summed E-state index contributed by atoms with van der Waals surface area (Å²) in [4.78, 5) is 11.8. The number of carbonyl (C=O) groups excluding carboxylic acids is 1. The highest BCUT2D eigenvalue weighted by Gasteiger charge is 2.07. The first-order chi connectivity index (χ1) is 9.97. The summed E-state index contributed by atoms with van der Waals surface area (Å²) in [6, 6.07) is 9.62. The van der Waals surface area contributed by atoms with Gasteiger partial charge in [-0.25, -0.2) is 5.43 Å². The minimum Gasteiger partial charge on any atom is -0.507 e. The van der Waals surface area contributed by atoms with Crippen molar-refractivity contribution in [2.75, 3.05) is 0 Å². The SMILES string of the molecule is O=C(NN=Cc1ccc(O)c(I)c1)c1ccc(I)c(O)c1. The summed E-state index contributed by atoms with van der Waals surface area (Å²) in [5.74, 6) is -0.155. The topological polar surface area (TPSA) is 81.9 Å². The van der Waals surface area contributed by atoms with Gasteiger partial charge < -0.3 is 10.2 Å². The fourth-order valence-corrected chi connectivity index (χ4v) is 2.36. The normalized spacial score (nSPS) is 10.8. The highest BCUT2D eigenvalue weighted by Crippen LogP contribution is 2.20. The van der Waals surface area contributed by atoms with Crippen molar-refractivity contribution in [3.05, 3.63) is 54.7 Å². The number of nitrogens with one attached hydrogen (secondary N) is 1. The number of hydrogen-bond acceptors (Lipinski definition) is 4. The highest BCUT2D eigenvalue weighted by molar-refractivity contribution is 14.1. The molecular formula is C14H10I2N2O3. The largest absolute Gasteiger partial charge is 0.507 e. The van der Waals surface area contributed by atoms with Crippen LogP contribution in [-0.4, -0.2) is 22.3 Å². The van der Waals surface area contributed by atoms with Gasteiger partial charge in [0.1, 0.15) is 11.5 Å². The zero-order chi connectivity index (χ0) is 15.4. The first-order valence-corrected chi connectivity index (χ1v) is 7.93. The maximum Gasteiger partial charge on any atom is 0.271 e. The second kappa shape index (κ2) is 7.07. The Kier molecular flexibility index (Phi) is 5.39. The second-order valence-corrected chi connectivity index (χ2v) is 6.40. The lowest BCUT2D eigenvalue weighted by Crippen LogP contribution is -2.17. The lowest BCUT2D eigenvalue weighted by atomic mass is 10.2. The van der Waals surface area contributed by atoms with E-state index in [0.717, 1.165) is 5.56 Å². The van der Waals surface area contributed by atoms with Crippen LogP contribution in [0.1, 0.15) is 15.9 Å². The molecule has 21 heavy (non-hydrogen) atoms. The van der Waals surface area contributed by atoms with Crippen molar-refractivity contribution in [1.29, 1.82) is 0 Å². The molecule has 5 nitrogen and oxygen atoms in total. The number of halogens is 2. The van der Waals surface area contributed by atoms with Gasteiger partial charge in [0.15, 0.2) is 0 Å². The van der Waals surface area contributed by atoms with E-state index in [4.69, 9.17) is 0 Å². The van der Waals surface area contributed by atoms with Crippen LogP contribution in [0.3, 0.4) is 0 Å². The smallest absolute Gasteiger partial charge is 0.271 e. The minimum atomic E-state index is -0.411. The average molecular weight is 508 g/mol. The molecule has 2 aromatic carbocycles. The summed E-state index contributed by atoms with van der Waals surface area (Å²) in [6.07, 6.45) is 1.48. The van der Waals surface area contributed by atoms with Crippen LogP contribution in [0.2, 0.25) is 0 Å². The Balaban J connectivity index is 2.04. The molecule has 0 saturated heterocycles. The van der Waals surface area contributed by atoms with E-state index in [1.807, 2.05) is 45.2 Å². The van der Waals surface area contributed by atoms with E-state index in [-0.39, 0.29) is 11.5 Å². The number of hydrogen-bond donors (Lipinski definition) is 3. The Hall–Kier alpha value is -1.36. The minimum absolute atomic E-state index is 0.0558. The van der Waals surface area contributed by atoms with Gasteiger partial charge in [0, 0.05) is 5.56 Å². The summed E-state index contributed by atoms with van der Waals surface area (Å²) in [7, 11) is 0. The van der Waals surface area contributed by atoms with Gasteiger partial charge >= 0.3 is 0 Å². The maximum absolute atomic E-state index is 11.8. The van der Waals surface area contributed by atoms with Crippen molar-refractivity contribution < 1.29 is 15.0 Å². The van der Waals surface area contributed by atoms with Gasteiger partial charge in [0.05, 0.1) is 13.4 Å². The third-order valence-corrected chi connectivity index (χ3v) is 4.34. The third-order valence-electron chi connectivity index (χ3n) is 2.56. The van der Waals surface area contributed by atoms with Crippen LogP contribution in [0.5, 0.6) is 11.5 Å². The van der Waals surface area contributed by atoms with Crippen LogP contribution in [-0.2, 0) is 0 Å². The van der Waals surface area contributed by atoms with E-state index in [0.29, 0.717) is 12.7 Å². The molecule has 0 aliphatic heterocycles. The molecule has 0 atom stereocenters. The van der Waals surface area contributed by atoms with E-state index in [2.05, 4.69) is 10.5 Å². The first kappa shape index (κ1) is 16.0. The molecule has 0 unspecified atom stereocenters. The van der Waals surface area contributed by atoms with Gasteiger partial charge in [-0.1, -0.05) is 0 Å². The van der Waals surface area contributed by atoms with Crippen LogP contribution in [0, 0.1) is 7.14 Å². The lowest BCUT2D eigenvalue weighted by Gasteiger charge is -2.02. The summed E-state index contributed by atoms with van der Waals surface area (Å²) in [5, 5.41) is 22.8. The van der Waals surface area contributed by atoms with Gasteiger partial charge in [0.2, 0.25) is 0 Å². The zero-order valence-corrected chi connectivity index (χ0v) is 14.9. The number of rotatable bonds is 3. The first-order valence-electron chi connectivity index (χ1n) is 5.78. The molecule has 0 aliphatic carbocycles. The van der Waals surface area contributed by atoms with Crippen LogP contribution in [0.25, 0.3) is 0 Å². The molecule has 0 bridgehead atoms. The summed E-state index contributed by atoms with van der Waals surface area (Å²) in [6.45, 7) is 0. The number of nitrogens with zero attached hydrogens (tertiary/aromatic N) is 1. The molecule has 0 heterocycles.